The molecule has 1 aliphatic heterocycles. The van der Waals surface area contributed by atoms with E-state index in [0.29, 0.717) is 19.6 Å². The van der Waals surface area contributed by atoms with Crippen molar-refractivity contribution in [3.05, 3.63) is 0 Å². The highest BCUT2D eigenvalue weighted by Crippen LogP contribution is 1.51. The van der Waals surface area contributed by atoms with Crippen LogP contribution in [0.4, 0.5) is 0 Å². The molecule has 0 bridgehead atoms. The first-order valence-corrected chi connectivity index (χ1v) is 4.91. The largest absolute Gasteiger partial charge is 0.230 e. The number of quaternary nitrogens is 3. The van der Waals surface area contributed by atoms with E-state index < -0.39 is 0 Å². The molecule has 1 aliphatic rings. The molecule has 0 aromatic heterocycles. The molecular formula is C9H15N6+3. The molecular weight excluding hydrogens is 192 g/mol. The summed E-state index contributed by atoms with van der Waals surface area (Å²) < 4.78 is 0. The third-order valence-corrected chi connectivity index (χ3v) is 2.49. The van der Waals surface area contributed by atoms with Crippen molar-refractivity contribution in [3.63, 3.8) is 0 Å². The molecule has 6 nitrogen and oxygen atoms in total. The first-order chi connectivity index (χ1) is 7.30. The lowest BCUT2D eigenvalue weighted by atomic mass is 10.4. The van der Waals surface area contributed by atoms with Crippen LogP contribution in [0.15, 0.2) is 0 Å². The number of hydrogen-bond donors (Lipinski definition) is 3. The SMILES string of the molecule is N#CC[NH+]1C[NH+](CC#N)C[NH+](CC#N)C1. The summed E-state index contributed by atoms with van der Waals surface area (Å²) in [6.45, 7) is 3.75. The third-order valence-electron chi connectivity index (χ3n) is 2.49. The maximum atomic E-state index is 8.63. The highest BCUT2D eigenvalue weighted by Gasteiger charge is 2.31. The first kappa shape index (κ1) is 11.4. The molecule has 0 aromatic carbocycles. The molecule has 1 heterocycles. The highest BCUT2D eigenvalue weighted by atomic mass is 15.5. The Morgan fingerprint density at radius 1 is 0.667 bits per heavy atom. The Hall–Kier alpha value is -1.65. The van der Waals surface area contributed by atoms with Gasteiger partial charge in [0.15, 0.2) is 19.6 Å². The van der Waals surface area contributed by atoms with Crippen molar-refractivity contribution in [1.82, 2.24) is 0 Å². The minimum atomic E-state index is 0.448. The monoisotopic (exact) mass is 207 g/mol. The van der Waals surface area contributed by atoms with Crippen LogP contribution in [0, 0.1) is 34.0 Å². The van der Waals surface area contributed by atoms with Gasteiger partial charge in [-0.1, -0.05) is 0 Å². The second-order valence-corrected chi connectivity index (χ2v) is 3.79. The normalized spacial score (nSPS) is 29.8. The summed E-state index contributed by atoms with van der Waals surface area (Å²) in [5.74, 6) is 0. The molecule has 3 N–H and O–H groups in total. The number of rotatable bonds is 3. The zero-order valence-electron chi connectivity index (χ0n) is 8.58. The van der Waals surface area contributed by atoms with Crippen molar-refractivity contribution in [2.75, 3.05) is 39.6 Å². The predicted molar refractivity (Wildman–Crippen MR) is 48.9 cm³/mol. The Balaban J connectivity index is 2.54. The summed E-state index contributed by atoms with van der Waals surface area (Å²) in [4.78, 5) is 3.46. The van der Waals surface area contributed by atoms with E-state index in [4.69, 9.17) is 15.8 Å². The molecule has 15 heavy (non-hydrogen) atoms. The number of nitriles is 3. The van der Waals surface area contributed by atoms with Gasteiger partial charge >= 0.3 is 0 Å². The Labute approximate surface area is 89.1 Å². The maximum absolute atomic E-state index is 8.63. The summed E-state index contributed by atoms with van der Waals surface area (Å²) >= 11 is 0. The van der Waals surface area contributed by atoms with Gasteiger partial charge < -0.3 is 0 Å². The van der Waals surface area contributed by atoms with Gasteiger partial charge in [0.25, 0.3) is 0 Å². The second kappa shape index (κ2) is 5.95. The number of nitrogens with one attached hydrogen (secondary N) is 3. The standard InChI is InChI=1S/C9H12N6/c10-1-4-13-7-14(5-2-11)9-15(8-13)6-3-12/h4-9H2/p+3. The van der Waals surface area contributed by atoms with Gasteiger partial charge in [-0.15, -0.1) is 0 Å². The van der Waals surface area contributed by atoms with Gasteiger partial charge in [-0.3, -0.25) is 0 Å². The summed E-state index contributed by atoms with van der Waals surface area (Å²) in [5.41, 5.74) is 0. The van der Waals surface area contributed by atoms with E-state index in [9.17, 15) is 0 Å². The van der Waals surface area contributed by atoms with Crippen LogP contribution in [0.5, 0.6) is 0 Å². The van der Waals surface area contributed by atoms with Crippen molar-refractivity contribution in [2.45, 2.75) is 0 Å². The van der Waals surface area contributed by atoms with Crippen molar-refractivity contribution in [1.29, 1.82) is 15.8 Å². The van der Waals surface area contributed by atoms with Gasteiger partial charge in [0.1, 0.15) is 18.2 Å². The van der Waals surface area contributed by atoms with Gasteiger partial charge in [0.05, 0.1) is 0 Å². The quantitative estimate of drug-likeness (QED) is 0.406. The molecule has 1 rings (SSSR count). The molecule has 6 heteroatoms. The topological polar surface area (TPSA) is 84.7 Å². The number of nitrogens with zero attached hydrogens (tertiary/aromatic N) is 3. The molecule has 0 spiro atoms. The van der Waals surface area contributed by atoms with Crippen molar-refractivity contribution < 1.29 is 14.7 Å². The van der Waals surface area contributed by atoms with E-state index in [1.165, 1.54) is 0 Å². The van der Waals surface area contributed by atoms with E-state index in [1.54, 1.807) is 0 Å². The summed E-state index contributed by atoms with van der Waals surface area (Å²) in [6, 6.07) is 6.40. The van der Waals surface area contributed by atoms with Gasteiger partial charge in [-0.2, -0.15) is 15.8 Å². The predicted octanol–water partition coefficient (Wildman–Crippen LogP) is -4.90. The average Bonchev–Trinajstić information content (AvgIpc) is 2.19. The van der Waals surface area contributed by atoms with Gasteiger partial charge in [0.2, 0.25) is 20.0 Å². The number of hydrogen-bond acceptors (Lipinski definition) is 3. The molecule has 0 aromatic rings. The zero-order chi connectivity index (χ0) is 11.1. The smallest absolute Gasteiger partial charge is 0.214 e. The molecule has 0 amide bonds. The average molecular weight is 207 g/mol. The van der Waals surface area contributed by atoms with E-state index >= 15 is 0 Å². The summed E-state index contributed by atoms with van der Waals surface area (Å²) in [6.07, 6.45) is 0. The Morgan fingerprint density at radius 3 is 1.13 bits per heavy atom. The van der Waals surface area contributed by atoms with Crippen molar-refractivity contribution in [2.24, 2.45) is 0 Å². The fraction of sp³-hybridized carbons (Fsp3) is 0.667. The summed E-state index contributed by atoms with van der Waals surface area (Å²) in [5, 5.41) is 25.9. The Kier molecular flexibility index (Phi) is 4.53. The van der Waals surface area contributed by atoms with E-state index in [-0.39, 0.29) is 0 Å². The Morgan fingerprint density at radius 2 is 0.933 bits per heavy atom. The second-order valence-electron chi connectivity index (χ2n) is 3.79. The van der Waals surface area contributed by atoms with E-state index in [2.05, 4.69) is 18.2 Å². The fourth-order valence-corrected chi connectivity index (χ4v) is 1.96. The first-order valence-electron chi connectivity index (χ1n) is 4.91. The minimum Gasteiger partial charge on any atom is -0.230 e. The fourth-order valence-electron chi connectivity index (χ4n) is 1.96. The molecule has 1 fully saturated rings. The van der Waals surface area contributed by atoms with Gasteiger partial charge in [0, 0.05) is 0 Å². The lowest BCUT2D eigenvalue weighted by molar-refractivity contribution is -1.26. The van der Waals surface area contributed by atoms with Gasteiger partial charge in [-0.25, -0.2) is 14.7 Å². The maximum Gasteiger partial charge on any atom is 0.214 e. The lowest BCUT2D eigenvalue weighted by Gasteiger charge is -2.31. The third kappa shape index (κ3) is 3.53. The highest BCUT2D eigenvalue weighted by molar-refractivity contribution is 4.67. The summed E-state index contributed by atoms with van der Waals surface area (Å²) in [7, 11) is 0. The molecule has 1 saturated heterocycles. The molecule has 0 radical (unpaired) electrons. The van der Waals surface area contributed by atoms with Crippen LogP contribution in [-0.4, -0.2) is 39.6 Å². The van der Waals surface area contributed by atoms with E-state index in [1.807, 2.05) is 0 Å². The van der Waals surface area contributed by atoms with Crippen LogP contribution in [-0.2, 0) is 0 Å². The lowest BCUT2D eigenvalue weighted by Crippen LogP contribution is -3.50. The van der Waals surface area contributed by atoms with Crippen molar-refractivity contribution in [3.8, 4) is 18.2 Å². The molecule has 0 atom stereocenters. The molecule has 78 valence electrons. The minimum absolute atomic E-state index is 0.448. The van der Waals surface area contributed by atoms with Crippen LogP contribution < -0.4 is 14.7 Å². The molecule has 0 saturated carbocycles. The van der Waals surface area contributed by atoms with Crippen LogP contribution in [0.3, 0.4) is 0 Å². The Bertz CT molecular complexity index is 261. The molecule has 0 aliphatic carbocycles. The van der Waals surface area contributed by atoms with Crippen LogP contribution in [0.2, 0.25) is 0 Å². The van der Waals surface area contributed by atoms with Crippen LogP contribution >= 0.6 is 0 Å². The molecule has 0 unspecified atom stereocenters. The van der Waals surface area contributed by atoms with E-state index in [0.717, 1.165) is 34.7 Å². The van der Waals surface area contributed by atoms with Crippen LogP contribution in [0.25, 0.3) is 0 Å². The van der Waals surface area contributed by atoms with Crippen LogP contribution in [0.1, 0.15) is 0 Å². The van der Waals surface area contributed by atoms with Gasteiger partial charge in [-0.05, 0) is 0 Å². The van der Waals surface area contributed by atoms with Crippen molar-refractivity contribution >= 4 is 0 Å². The zero-order valence-corrected chi connectivity index (χ0v) is 8.58.